The van der Waals surface area contributed by atoms with Crippen LogP contribution in [0.2, 0.25) is 0 Å². The van der Waals surface area contributed by atoms with Gasteiger partial charge in [0.15, 0.2) is 5.78 Å². The molecule has 0 atom stereocenters. The molecule has 0 bridgehead atoms. The van der Waals surface area contributed by atoms with Gasteiger partial charge >= 0.3 is 0 Å². The van der Waals surface area contributed by atoms with Gasteiger partial charge in [-0.1, -0.05) is 17.7 Å². The molecule has 0 spiro atoms. The summed E-state index contributed by atoms with van der Waals surface area (Å²) in [4.78, 5) is 35.4. The lowest BCUT2D eigenvalue weighted by molar-refractivity contribution is -0.116. The molecular formula is C20H21FN2O3. The number of rotatable bonds is 6. The van der Waals surface area contributed by atoms with E-state index < -0.39 is 11.7 Å². The number of amides is 2. The number of carbonyl (C=O) groups excluding carboxylic acids is 3. The van der Waals surface area contributed by atoms with Crippen molar-refractivity contribution in [2.75, 3.05) is 10.6 Å². The van der Waals surface area contributed by atoms with Crippen molar-refractivity contribution in [1.82, 2.24) is 0 Å². The molecule has 0 aromatic heterocycles. The van der Waals surface area contributed by atoms with Crippen molar-refractivity contribution in [2.24, 2.45) is 0 Å². The molecular weight excluding hydrogens is 335 g/mol. The molecule has 0 aliphatic carbocycles. The van der Waals surface area contributed by atoms with Crippen LogP contribution >= 0.6 is 0 Å². The highest BCUT2D eigenvalue weighted by atomic mass is 19.1. The first kappa shape index (κ1) is 19.3. The maximum atomic E-state index is 13.8. The summed E-state index contributed by atoms with van der Waals surface area (Å²) in [7, 11) is 0. The van der Waals surface area contributed by atoms with E-state index in [1.807, 2.05) is 26.0 Å². The smallest absolute Gasteiger partial charge is 0.224 e. The fourth-order valence-corrected chi connectivity index (χ4v) is 2.51. The van der Waals surface area contributed by atoms with Gasteiger partial charge in [0.25, 0.3) is 0 Å². The van der Waals surface area contributed by atoms with E-state index in [0.717, 1.165) is 17.2 Å². The molecule has 0 aliphatic heterocycles. The fraction of sp³-hybridized carbons (Fsp3) is 0.250. The van der Waals surface area contributed by atoms with E-state index in [4.69, 9.17) is 0 Å². The van der Waals surface area contributed by atoms with Crippen molar-refractivity contribution in [2.45, 2.75) is 33.6 Å². The van der Waals surface area contributed by atoms with Gasteiger partial charge in [-0.05, 0) is 43.7 Å². The van der Waals surface area contributed by atoms with E-state index in [1.165, 1.54) is 19.1 Å². The minimum atomic E-state index is -0.617. The third-order valence-corrected chi connectivity index (χ3v) is 3.83. The highest BCUT2D eigenvalue weighted by molar-refractivity contribution is 6.01. The van der Waals surface area contributed by atoms with E-state index in [0.29, 0.717) is 11.3 Å². The highest BCUT2D eigenvalue weighted by Crippen LogP contribution is 2.20. The molecule has 0 saturated heterocycles. The molecule has 0 fully saturated rings. The van der Waals surface area contributed by atoms with Crippen LogP contribution in [-0.2, 0) is 9.59 Å². The second kappa shape index (κ2) is 8.38. The van der Waals surface area contributed by atoms with Gasteiger partial charge in [0.1, 0.15) is 5.82 Å². The zero-order valence-corrected chi connectivity index (χ0v) is 15.0. The predicted octanol–water partition coefficient (Wildman–Crippen LogP) is 4.00. The van der Waals surface area contributed by atoms with Gasteiger partial charge in [-0.2, -0.15) is 0 Å². The summed E-state index contributed by atoms with van der Waals surface area (Å²) >= 11 is 0. The van der Waals surface area contributed by atoms with Crippen LogP contribution in [0.15, 0.2) is 36.4 Å². The lowest BCUT2D eigenvalue weighted by Crippen LogP contribution is -2.15. The van der Waals surface area contributed by atoms with Gasteiger partial charge in [-0.3, -0.25) is 14.4 Å². The van der Waals surface area contributed by atoms with Crippen LogP contribution in [0, 0.1) is 19.7 Å². The van der Waals surface area contributed by atoms with Crippen molar-refractivity contribution >= 4 is 29.0 Å². The molecule has 136 valence electrons. The normalized spacial score (nSPS) is 10.3. The summed E-state index contributed by atoms with van der Waals surface area (Å²) in [6, 6.07) is 9.47. The minimum absolute atomic E-state index is 0.0309. The number of carbonyl (C=O) groups is 3. The minimum Gasteiger partial charge on any atom is -0.326 e. The standard InChI is InChI=1S/C20H21FN2O3/c1-12-4-5-13(2)16(10-12)19(25)8-9-20(26)23-18-11-15(22-14(3)24)6-7-17(18)21/h4-7,10-11H,8-9H2,1-3H3,(H,22,24)(H,23,26). The van der Waals surface area contributed by atoms with Crippen LogP contribution in [0.5, 0.6) is 0 Å². The largest absolute Gasteiger partial charge is 0.326 e. The predicted molar refractivity (Wildman–Crippen MR) is 98.8 cm³/mol. The molecule has 0 radical (unpaired) electrons. The van der Waals surface area contributed by atoms with E-state index in [-0.39, 0.29) is 30.2 Å². The Morgan fingerprint density at radius 1 is 0.962 bits per heavy atom. The van der Waals surface area contributed by atoms with E-state index in [9.17, 15) is 18.8 Å². The van der Waals surface area contributed by atoms with Crippen LogP contribution in [0.4, 0.5) is 15.8 Å². The van der Waals surface area contributed by atoms with Gasteiger partial charge in [-0.15, -0.1) is 0 Å². The Labute approximate surface area is 151 Å². The lowest BCUT2D eigenvalue weighted by Gasteiger charge is -2.10. The quantitative estimate of drug-likeness (QED) is 0.768. The zero-order chi connectivity index (χ0) is 19.3. The summed E-state index contributed by atoms with van der Waals surface area (Å²) < 4.78 is 13.8. The number of benzene rings is 2. The Hall–Kier alpha value is -3.02. The summed E-state index contributed by atoms with van der Waals surface area (Å²) in [5.41, 5.74) is 2.76. The Morgan fingerprint density at radius 2 is 1.69 bits per heavy atom. The maximum absolute atomic E-state index is 13.8. The van der Waals surface area contributed by atoms with Gasteiger partial charge in [0.2, 0.25) is 11.8 Å². The third kappa shape index (κ3) is 5.24. The molecule has 26 heavy (non-hydrogen) atoms. The fourth-order valence-electron chi connectivity index (χ4n) is 2.51. The van der Waals surface area contributed by atoms with Gasteiger partial charge in [0.05, 0.1) is 5.69 Å². The van der Waals surface area contributed by atoms with Crippen LogP contribution in [0.1, 0.15) is 41.3 Å². The first-order chi connectivity index (χ1) is 12.3. The molecule has 2 aromatic rings. The maximum Gasteiger partial charge on any atom is 0.224 e. The number of hydrogen-bond acceptors (Lipinski definition) is 3. The van der Waals surface area contributed by atoms with Crippen molar-refractivity contribution in [3.8, 4) is 0 Å². The number of nitrogens with one attached hydrogen (secondary N) is 2. The second-order valence-electron chi connectivity index (χ2n) is 6.17. The topological polar surface area (TPSA) is 75.3 Å². The monoisotopic (exact) mass is 356 g/mol. The first-order valence-corrected chi connectivity index (χ1v) is 8.23. The van der Waals surface area contributed by atoms with Gasteiger partial charge in [0, 0.05) is 31.0 Å². The van der Waals surface area contributed by atoms with Crippen molar-refractivity contribution in [1.29, 1.82) is 0 Å². The average molecular weight is 356 g/mol. The Morgan fingerprint density at radius 3 is 2.38 bits per heavy atom. The van der Waals surface area contributed by atoms with Crippen molar-refractivity contribution in [3.63, 3.8) is 0 Å². The number of anilines is 2. The molecule has 0 unspecified atom stereocenters. The molecule has 6 heteroatoms. The Kier molecular flexibility index (Phi) is 6.22. The molecule has 0 aliphatic rings. The average Bonchev–Trinajstić information content (AvgIpc) is 2.57. The molecule has 5 nitrogen and oxygen atoms in total. The SMILES string of the molecule is CC(=O)Nc1ccc(F)c(NC(=O)CCC(=O)c2cc(C)ccc2C)c1. The number of aryl methyl sites for hydroxylation is 2. The summed E-state index contributed by atoms with van der Waals surface area (Å²) in [6.07, 6.45) is -0.0286. The summed E-state index contributed by atoms with van der Waals surface area (Å²) in [5, 5.41) is 4.96. The first-order valence-electron chi connectivity index (χ1n) is 8.23. The molecule has 2 aromatic carbocycles. The number of hydrogen-bond donors (Lipinski definition) is 2. The number of ketones is 1. The molecule has 0 heterocycles. The van der Waals surface area contributed by atoms with Crippen LogP contribution in [0.25, 0.3) is 0 Å². The van der Waals surface area contributed by atoms with E-state index in [2.05, 4.69) is 10.6 Å². The molecule has 2 N–H and O–H groups in total. The van der Waals surface area contributed by atoms with Crippen molar-refractivity contribution in [3.05, 3.63) is 58.9 Å². The number of halogens is 1. The lowest BCUT2D eigenvalue weighted by atomic mass is 9.99. The zero-order valence-electron chi connectivity index (χ0n) is 15.0. The van der Waals surface area contributed by atoms with Gasteiger partial charge in [-0.25, -0.2) is 4.39 Å². The summed E-state index contributed by atoms with van der Waals surface area (Å²) in [6.45, 7) is 5.07. The van der Waals surface area contributed by atoms with Crippen LogP contribution in [0.3, 0.4) is 0 Å². The third-order valence-electron chi connectivity index (χ3n) is 3.83. The van der Waals surface area contributed by atoms with Crippen molar-refractivity contribution < 1.29 is 18.8 Å². The number of Topliss-reactive ketones (excluding diaryl/α,β-unsaturated/α-hetero) is 1. The molecule has 2 rings (SSSR count). The van der Waals surface area contributed by atoms with Gasteiger partial charge < -0.3 is 10.6 Å². The Bertz CT molecular complexity index is 862. The molecule has 2 amide bonds. The molecule has 0 saturated carbocycles. The van der Waals surface area contributed by atoms with E-state index in [1.54, 1.807) is 6.07 Å². The van der Waals surface area contributed by atoms with Crippen LogP contribution in [-0.4, -0.2) is 17.6 Å². The Balaban J connectivity index is 1.99. The van der Waals surface area contributed by atoms with E-state index >= 15 is 0 Å². The summed E-state index contributed by atoms with van der Waals surface area (Å²) in [5.74, 6) is -1.52. The second-order valence-corrected chi connectivity index (χ2v) is 6.17. The highest BCUT2D eigenvalue weighted by Gasteiger charge is 2.13. The van der Waals surface area contributed by atoms with Crippen LogP contribution < -0.4 is 10.6 Å².